The fraction of sp³-hybridized carbons (Fsp3) is 0.111. The maximum atomic E-state index is 13.4. The van der Waals surface area contributed by atoms with Crippen LogP contribution in [0.25, 0.3) is 6.08 Å². The highest BCUT2D eigenvalue weighted by molar-refractivity contribution is 6.16. The van der Waals surface area contributed by atoms with Gasteiger partial charge >= 0.3 is 0 Å². The van der Waals surface area contributed by atoms with Crippen molar-refractivity contribution in [1.29, 1.82) is 0 Å². The summed E-state index contributed by atoms with van der Waals surface area (Å²) in [5.41, 5.74) is 7.30. The zero-order valence-corrected chi connectivity index (χ0v) is 17.8. The number of amides is 2. The minimum atomic E-state index is -1.21. The Morgan fingerprint density at radius 3 is 2.30 bits per heavy atom. The van der Waals surface area contributed by atoms with E-state index in [1.165, 1.54) is 11.0 Å². The van der Waals surface area contributed by atoms with Crippen LogP contribution in [0, 0.1) is 17.8 Å². The van der Waals surface area contributed by atoms with Crippen molar-refractivity contribution in [1.82, 2.24) is 4.98 Å². The van der Waals surface area contributed by atoms with Crippen molar-refractivity contribution >= 4 is 35.0 Å². The van der Waals surface area contributed by atoms with Crippen LogP contribution in [0.2, 0.25) is 0 Å². The minimum Gasteiger partial charge on any atom is -0.369 e. The Bertz CT molecular complexity index is 1280. The highest BCUT2D eigenvalue weighted by Gasteiger charge is 2.57. The van der Waals surface area contributed by atoms with Crippen molar-refractivity contribution in [2.24, 2.45) is 11.1 Å². The molecule has 4 rings (SSSR count). The van der Waals surface area contributed by atoms with Crippen molar-refractivity contribution < 1.29 is 14.4 Å². The van der Waals surface area contributed by atoms with Gasteiger partial charge in [-0.25, -0.2) is 0 Å². The topological polar surface area (TPSA) is 93.4 Å². The second-order valence-corrected chi connectivity index (χ2v) is 7.81. The van der Waals surface area contributed by atoms with Crippen LogP contribution in [-0.4, -0.2) is 22.6 Å². The molecule has 0 saturated heterocycles. The number of hydrogen-bond acceptors (Lipinski definition) is 4. The normalized spacial score (nSPS) is 13.8. The van der Waals surface area contributed by atoms with E-state index in [-0.39, 0.29) is 5.78 Å². The van der Waals surface area contributed by atoms with E-state index in [1.807, 2.05) is 0 Å². The molecule has 33 heavy (non-hydrogen) atoms. The SMILES string of the molecule is C#Cc1cccc(N(C(=O)C2(C(N)=O)CC2)c2ccc(C(=O)/C=C/c3ccncc3)cc2)c1. The van der Waals surface area contributed by atoms with Crippen molar-refractivity contribution in [3.63, 3.8) is 0 Å². The Morgan fingerprint density at radius 1 is 1.00 bits per heavy atom. The van der Waals surface area contributed by atoms with Gasteiger partial charge in [0.25, 0.3) is 0 Å². The maximum absolute atomic E-state index is 13.4. The molecule has 2 aromatic carbocycles. The lowest BCUT2D eigenvalue weighted by atomic mass is 10.0. The fourth-order valence-corrected chi connectivity index (χ4v) is 3.54. The predicted octanol–water partition coefficient (Wildman–Crippen LogP) is 3.89. The summed E-state index contributed by atoms with van der Waals surface area (Å²) in [4.78, 5) is 43.4. The number of primary amides is 1. The van der Waals surface area contributed by atoms with E-state index in [2.05, 4.69) is 10.9 Å². The third-order valence-corrected chi connectivity index (χ3v) is 5.65. The van der Waals surface area contributed by atoms with Gasteiger partial charge in [-0.3, -0.25) is 24.3 Å². The molecule has 0 spiro atoms. The van der Waals surface area contributed by atoms with Gasteiger partial charge in [-0.15, -0.1) is 6.42 Å². The number of nitrogens with zero attached hydrogens (tertiary/aromatic N) is 2. The van der Waals surface area contributed by atoms with Crippen LogP contribution in [-0.2, 0) is 9.59 Å². The number of pyridine rings is 1. The Labute approximate surface area is 191 Å². The van der Waals surface area contributed by atoms with Gasteiger partial charge in [0.2, 0.25) is 11.8 Å². The Balaban J connectivity index is 1.65. The van der Waals surface area contributed by atoms with E-state index < -0.39 is 17.2 Å². The number of carbonyl (C=O) groups is 3. The molecule has 2 amide bonds. The largest absolute Gasteiger partial charge is 0.369 e. The van der Waals surface area contributed by atoms with Gasteiger partial charge in [-0.1, -0.05) is 18.1 Å². The summed E-state index contributed by atoms with van der Waals surface area (Å²) >= 11 is 0. The van der Waals surface area contributed by atoms with Gasteiger partial charge in [0.05, 0.1) is 5.69 Å². The molecule has 1 aliphatic rings. The summed E-state index contributed by atoms with van der Waals surface area (Å²) < 4.78 is 0. The quantitative estimate of drug-likeness (QED) is 0.264. The molecule has 1 aromatic heterocycles. The molecule has 1 fully saturated rings. The predicted molar refractivity (Wildman–Crippen MR) is 126 cm³/mol. The number of terminal acetylenes is 1. The number of anilines is 2. The zero-order chi connectivity index (χ0) is 23.4. The standard InChI is InChI=1S/C27H21N3O3/c1-2-19-4-3-5-23(18-19)30(26(33)27(14-15-27)25(28)32)22-9-7-21(8-10-22)24(31)11-6-20-12-16-29-17-13-20/h1,3-13,16-18H,14-15H2,(H2,28,32)/b11-6+. The van der Waals surface area contributed by atoms with Crippen LogP contribution < -0.4 is 10.6 Å². The molecular weight excluding hydrogens is 414 g/mol. The Morgan fingerprint density at radius 2 is 1.70 bits per heavy atom. The number of benzene rings is 2. The number of ketones is 1. The van der Waals surface area contributed by atoms with Gasteiger partial charge in [0.1, 0.15) is 5.41 Å². The summed E-state index contributed by atoms with van der Waals surface area (Å²) in [5, 5.41) is 0. The lowest BCUT2D eigenvalue weighted by Crippen LogP contribution is -2.41. The number of allylic oxidation sites excluding steroid dienone is 1. The molecule has 0 atom stereocenters. The number of nitrogens with two attached hydrogens (primary N) is 1. The molecule has 0 aliphatic heterocycles. The van der Waals surface area contributed by atoms with Crippen LogP contribution >= 0.6 is 0 Å². The van der Waals surface area contributed by atoms with Gasteiger partial charge in [0.15, 0.2) is 5.78 Å². The number of rotatable bonds is 7. The van der Waals surface area contributed by atoms with Crippen LogP contribution in [0.5, 0.6) is 0 Å². The molecule has 2 N–H and O–H groups in total. The minimum absolute atomic E-state index is 0.179. The lowest BCUT2D eigenvalue weighted by molar-refractivity contribution is -0.133. The first-order valence-corrected chi connectivity index (χ1v) is 10.4. The highest BCUT2D eigenvalue weighted by Crippen LogP contribution is 2.49. The van der Waals surface area contributed by atoms with Crippen LogP contribution in [0.4, 0.5) is 11.4 Å². The molecule has 1 aliphatic carbocycles. The fourth-order valence-electron chi connectivity index (χ4n) is 3.54. The lowest BCUT2D eigenvalue weighted by Gasteiger charge is -2.26. The van der Waals surface area contributed by atoms with Gasteiger partial charge in [-0.05, 0) is 79.1 Å². The van der Waals surface area contributed by atoms with E-state index in [0.29, 0.717) is 35.3 Å². The molecular formula is C27H21N3O3. The van der Waals surface area contributed by atoms with E-state index >= 15 is 0 Å². The van der Waals surface area contributed by atoms with Gasteiger partial charge < -0.3 is 5.73 Å². The van der Waals surface area contributed by atoms with Crippen LogP contribution in [0.3, 0.4) is 0 Å². The molecule has 6 heteroatoms. The van der Waals surface area contributed by atoms with Crippen molar-refractivity contribution in [3.05, 3.63) is 95.8 Å². The summed E-state index contributed by atoms with van der Waals surface area (Å²) in [6, 6.07) is 17.2. The van der Waals surface area contributed by atoms with E-state index in [0.717, 1.165) is 5.56 Å². The molecule has 3 aromatic rings. The molecule has 1 heterocycles. The van der Waals surface area contributed by atoms with Crippen LogP contribution in [0.1, 0.15) is 34.3 Å². The maximum Gasteiger partial charge on any atom is 0.247 e. The first kappa shape index (κ1) is 21.7. The first-order chi connectivity index (χ1) is 15.9. The molecule has 0 unspecified atom stereocenters. The van der Waals surface area contributed by atoms with Crippen molar-refractivity contribution in [2.75, 3.05) is 4.90 Å². The van der Waals surface area contributed by atoms with E-state index in [4.69, 9.17) is 12.2 Å². The average molecular weight is 435 g/mol. The average Bonchev–Trinajstić information content (AvgIpc) is 3.66. The van der Waals surface area contributed by atoms with Crippen LogP contribution in [0.15, 0.2) is 79.1 Å². The van der Waals surface area contributed by atoms with Gasteiger partial charge in [0, 0.05) is 29.2 Å². The number of carbonyl (C=O) groups excluding carboxylic acids is 3. The third-order valence-electron chi connectivity index (χ3n) is 5.65. The summed E-state index contributed by atoms with van der Waals surface area (Å²) in [5.74, 6) is 1.33. The highest BCUT2D eigenvalue weighted by atomic mass is 16.2. The molecule has 1 saturated carbocycles. The monoisotopic (exact) mass is 435 g/mol. The van der Waals surface area contributed by atoms with Crippen molar-refractivity contribution in [3.8, 4) is 12.3 Å². The summed E-state index contributed by atoms with van der Waals surface area (Å²) in [7, 11) is 0. The molecule has 0 bridgehead atoms. The number of aromatic nitrogens is 1. The third kappa shape index (κ3) is 4.43. The Hall–Kier alpha value is -4.50. The molecule has 0 radical (unpaired) electrons. The smallest absolute Gasteiger partial charge is 0.247 e. The molecule has 162 valence electrons. The molecule has 6 nitrogen and oxygen atoms in total. The second-order valence-electron chi connectivity index (χ2n) is 7.81. The number of hydrogen-bond donors (Lipinski definition) is 1. The van der Waals surface area contributed by atoms with Crippen molar-refractivity contribution in [2.45, 2.75) is 12.8 Å². The summed E-state index contributed by atoms with van der Waals surface area (Å²) in [6.45, 7) is 0. The summed E-state index contributed by atoms with van der Waals surface area (Å²) in [6.07, 6.45) is 12.8. The Kier molecular flexibility index (Phi) is 5.88. The van der Waals surface area contributed by atoms with Gasteiger partial charge in [-0.2, -0.15) is 0 Å². The van der Waals surface area contributed by atoms with E-state index in [9.17, 15) is 14.4 Å². The first-order valence-electron chi connectivity index (χ1n) is 10.4. The van der Waals surface area contributed by atoms with E-state index in [1.54, 1.807) is 79.1 Å². The second kappa shape index (κ2) is 8.93. The zero-order valence-electron chi connectivity index (χ0n) is 17.8.